The maximum absolute atomic E-state index is 12.6. The van der Waals surface area contributed by atoms with Crippen LogP contribution in [-0.4, -0.2) is 74.1 Å². The first-order valence-corrected chi connectivity index (χ1v) is 10.5. The van der Waals surface area contributed by atoms with Crippen molar-refractivity contribution in [2.24, 2.45) is 0 Å². The Labute approximate surface area is 173 Å². The number of ether oxygens (including phenoxy) is 1. The van der Waals surface area contributed by atoms with Crippen LogP contribution in [0.1, 0.15) is 9.67 Å². The van der Waals surface area contributed by atoms with Crippen molar-refractivity contribution < 1.29 is 9.53 Å². The number of piperazine rings is 1. The van der Waals surface area contributed by atoms with Gasteiger partial charge in [-0.1, -0.05) is 11.6 Å². The van der Waals surface area contributed by atoms with E-state index < -0.39 is 0 Å². The van der Waals surface area contributed by atoms with Crippen molar-refractivity contribution in [2.45, 2.75) is 0 Å². The van der Waals surface area contributed by atoms with Crippen molar-refractivity contribution in [1.82, 2.24) is 20.1 Å². The summed E-state index contributed by atoms with van der Waals surface area (Å²) in [5, 5.41) is 5.40. The fourth-order valence-corrected chi connectivity index (χ4v) is 4.63. The number of rotatable bonds is 5. The van der Waals surface area contributed by atoms with Gasteiger partial charge in [0, 0.05) is 50.0 Å². The SMILES string of the molecule is COc1ccc2cc3cc(C(=O)NCCN4CCN(C)CC4)sc3nc2c1Cl. The molecule has 1 aliphatic heterocycles. The number of carbonyl (C=O) groups excluding carboxylic acids is 1. The zero-order valence-electron chi connectivity index (χ0n) is 16.0. The van der Waals surface area contributed by atoms with Crippen molar-refractivity contribution in [3.05, 3.63) is 34.2 Å². The quantitative estimate of drug-likeness (QED) is 0.690. The Morgan fingerprint density at radius 2 is 2.04 bits per heavy atom. The largest absolute Gasteiger partial charge is 0.495 e. The minimum Gasteiger partial charge on any atom is -0.495 e. The number of methoxy groups -OCH3 is 1. The van der Waals surface area contributed by atoms with Gasteiger partial charge in [0.25, 0.3) is 5.91 Å². The summed E-state index contributed by atoms with van der Waals surface area (Å²) in [7, 11) is 3.72. The Kier molecular flexibility index (Phi) is 5.68. The number of carbonyl (C=O) groups is 1. The van der Waals surface area contributed by atoms with Crippen LogP contribution in [0.5, 0.6) is 5.75 Å². The van der Waals surface area contributed by atoms with Gasteiger partial charge < -0.3 is 15.0 Å². The van der Waals surface area contributed by atoms with Crippen LogP contribution in [0.15, 0.2) is 24.3 Å². The van der Waals surface area contributed by atoms with Gasteiger partial charge in [0.05, 0.1) is 17.5 Å². The van der Waals surface area contributed by atoms with Crippen LogP contribution in [-0.2, 0) is 0 Å². The predicted molar refractivity (Wildman–Crippen MR) is 115 cm³/mol. The molecule has 0 atom stereocenters. The molecule has 0 unspecified atom stereocenters. The van der Waals surface area contributed by atoms with Crippen molar-refractivity contribution in [3.63, 3.8) is 0 Å². The lowest BCUT2D eigenvalue weighted by Crippen LogP contribution is -2.46. The van der Waals surface area contributed by atoms with Gasteiger partial charge in [-0.3, -0.25) is 9.69 Å². The zero-order valence-corrected chi connectivity index (χ0v) is 17.6. The van der Waals surface area contributed by atoms with E-state index in [1.807, 2.05) is 24.3 Å². The molecular formula is C20H23ClN4O2S. The van der Waals surface area contributed by atoms with Crippen LogP contribution in [0.3, 0.4) is 0 Å². The number of halogens is 1. The van der Waals surface area contributed by atoms with E-state index in [2.05, 4.69) is 27.1 Å². The minimum atomic E-state index is -0.0511. The summed E-state index contributed by atoms with van der Waals surface area (Å²) < 4.78 is 5.27. The molecule has 28 heavy (non-hydrogen) atoms. The highest BCUT2D eigenvalue weighted by Crippen LogP contribution is 2.35. The van der Waals surface area contributed by atoms with Gasteiger partial charge in [-0.25, -0.2) is 4.98 Å². The average molecular weight is 419 g/mol. The molecule has 3 aromatic rings. The summed E-state index contributed by atoms with van der Waals surface area (Å²) in [6, 6.07) is 7.67. The first-order chi connectivity index (χ1) is 13.5. The van der Waals surface area contributed by atoms with E-state index in [9.17, 15) is 4.79 Å². The molecule has 1 aromatic carbocycles. The molecule has 4 rings (SSSR count). The number of benzene rings is 1. The van der Waals surface area contributed by atoms with Crippen LogP contribution >= 0.6 is 22.9 Å². The van der Waals surface area contributed by atoms with Crippen LogP contribution in [0, 0.1) is 0 Å². The molecule has 1 amide bonds. The second-order valence-electron chi connectivity index (χ2n) is 7.05. The fourth-order valence-electron chi connectivity index (χ4n) is 3.40. The Morgan fingerprint density at radius 3 is 2.79 bits per heavy atom. The predicted octanol–water partition coefficient (Wildman–Crippen LogP) is 3.09. The molecule has 1 fully saturated rings. The van der Waals surface area contributed by atoms with Gasteiger partial charge in [0.1, 0.15) is 15.6 Å². The Bertz CT molecular complexity index is 1010. The van der Waals surface area contributed by atoms with Crippen LogP contribution < -0.4 is 10.1 Å². The molecule has 148 valence electrons. The van der Waals surface area contributed by atoms with Crippen LogP contribution in [0.2, 0.25) is 5.02 Å². The number of aromatic nitrogens is 1. The molecule has 1 aliphatic rings. The highest BCUT2D eigenvalue weighted by atomic mass is 35.5. The van der Waals surface area contributed by atoms with Gasteiger partial charge in [0.15, 0.2) is 0 Å². The maximum Gasteiger partial charge on any atom is 0.261 e. The lowest BCUT2D eigenvalue weighted by molar-refractivity contribution is 0.0945. The first kappa shape index (κ1) is 19.4. The molecule has 3 heterocycles. The number of likely N-dealkylation sites (N-methyl/N-ethyl adjacent to an activating group) is 1. The van der Waals surface area contributed by atoms with Crippen LogP contribution in [0.25, 0.3) is 21.1 Å². The molecule has 0 saturated carbocycles. The average Bonchev–Trinajstić information content (AvgIpc) is 3.12. The molecule has 6 nitrogen and oxygen atoms in total. The number of hydrogen-bond donors (Lipinski definition) is 1. The third-order valence-electron chi connectivity index (χ3n) is 5.13. The van der Waals surface area contributed by atoms with Gasteiger partial charge in [0.2, 0.25) is 0 Å². The van der Waals surface area contributed by atoms with E-state index in [1.54, 1.807) is 7.11 Å². The molecule has 0 aliphatic carbocycles. The van der Waals surface area contributed by atoms with E-state index in [0.29, 0.717) is 27.7 Å². The summed E-state index contributed by atoms with van der Waals surface area (Å²) in [4.78, 5) is 23.4. The van der Waals surface area contributed by atoms with Gasteiger partial charge in [-0.05, 0) is 31.3 Å². The Hall–Kier alpha value is -1.93. The molecule has 0 radical (unpaired) electrons. The summed E-state index contributed by atoms with van der Waals surface area (Å²) in [5.41, 5.74) is 0.692. The monoisotopic (exact) mass is 418 g/mol. The molecule has 8 heteroatoms. The number of hydrogen-bond acceptors (Lipinski definition) is 6. The fraction of sp³-hybridized carbons (Fsp3) is 0.400. The number of fused-ring (bicyclic) bond motifs is 2. The Balaban J connectivity index is 1.47. The van der Waals surface area contributed by atoms with E-state index in [1.165, 1.54) is 11.3 Å². The van der Waals surface area contributed by atoms with Gasteiger partial charge in [-0.15, -0.1) is 11.3 Å². The molecule has 1 saturated heterocycles. The topological polar surface area (TPSA) is 57.7 Å². The third kappa shape index (κ3) is 3.93. The molecule has 1 N–H and O–H groups in total. The third-order valence-corrected chi connectivity index (χ3v) is 6.54. The summed E-state index contributed by atoms with van der Waals surface area (Å²) in [5.74, 6) is 0.546. The minimum absolute atomic E-state index is 0.0511. The summed E-state index contributed by atoms with van der Waals surface area (Å²) >= 11 is 7.78. The van der Waals surface area contributed by atoms with Crippen LogP contribution in [0.4, 0.5) is 0 Å². The number of amides is 1. The molecule has 0 spiro atoms. The van der Waals surface area contributed by atoms with Crippen molar-refractivity contribution in [3.8, 4) is 5.75 Å². The first-order valence-electron chi connectivity index (χ1n) is 9.31. The summed E-state index contributed by atoms with van der Waals surface area (Å²) in [6.07, 6.45) is 0. The Morgan fingerprint density at radius 1 is 1.25 bits per heavy atom. The van der Waals surface area contributed by atoms with Crippen molar-refractivity contribution >= 4 is 50.0 Å². The second kappa shape index (κ2) is 8.21. The summed E-state index contributed by atoms with van der Waals surface area (Å²) in [6.45, 7) is 5.79. The van der Waals surface area contributed by atoms with E-state index in [4.69, 9.17) is 16.3 Å². The number of pyridine rings is 1. The van der Waals surface area contributed by atoms with Gasteiger partial charge in [-0.2, -0.15) is 0 Å². The van der Waals surface area contributed by atoms with Gasteiger partial charge >= 0.3 is 0 Å². The molecule has 2 aromatic heterocycles. The lowest BCUT2D eigenvalue weighted by Gasteiger charge is -2.32. The lowest BCUT2D eigenvalue weighted by atomic mass is 10.2. The molecular weight excluding hydrogens is 396 g/mol. The van der Waals surface area contributed by atoms with E-state index in [0.717, 1.165) is 48.3 Å². The van der Waals surface area contributed by atoms with E-state index in [-0.39, 0.29) is 5.91 Å². The number of nitrogens with one attached hydrogen (secondary N) is 1. The highest BCUT2D eigenvalue weighted by molar-refractivity contribution is 7.20. The molecule has 0 bridgehead atoms. The van der Waals surface area contributed by atoms with Crippen molar-refractivity contribution in [1.29, 1.82) is 0 Å². The smallest absolute Gasteiger partial charge is 0.261 e. The van der Waals surface area contributed by atoms with Crippen molar-refractivity contribution in [2.75, 3.05) is 53.4 Å². The zero-order chi connectivity index (χ0) is 19.7. The maximum atomic E-state index is 12.6. The van der Waals surface area contributed by atoms with E-state index >= 15 is 0 Å². The number of thiophene rings is 1. The standard InChI is InChI=1S/C20H23ClN4O2S/c1-24-7-9-25(10-8-24)6-5-22-19(26)16-12-14-11-13-3-4-15(27-2)17(21)18(13)23-20(14)28-16/h3-4,11-12H,5-10H2,1-2H3,(H,22,26). The number of nitrogens with zero attached hydrogens (tertiary/aromatic N) is 3. The second-order valence-corrected chi connectivity index (χ2v) is 8.46. The highest BCUT2D eigenvalue weighted by Gasteiger charge is 2.16. The normalized spacial score (nSPS) is 16.0.